The molecule has 0 atom stereocenters. The van der Waals surface area contributed by atoms with E-state index in [2.05, 4.69) is 0 Å². The fraction of sp³-hybridized carbons (Fsp3) is 0.455. The molecule has 0 spiro atoms. The number of phenols is 1. The lowest BCUT2D eigenvalue weighted by Gasteiger charge is -2.13. The van der Waals surface area contributed by atoms with E-state index < -0.39 is 0 Å². The highest BCUT2D eigenvalue weighted by atomic mass is 16.3. The van der Waals surface area contributed by atoms with Crippen molar-refractivity contribution in [3.8, 4) is 5.75 Å². The van der Waals surface area contributed by atoms with Crippen LogP contribution in [0, 0.1) is 13.8 Å². The van der Waals surface area contributed by atoms with Crippen molar-refractivity contribution >= 4 is 0 Å². The van der Waals surface area contributed by atoms with Gasteiger partial charge in [0.25, 0.3) is 0 Å². The molecule has 0 aliphatic heterocycles. The van der Waals surface area contributed by atoms with E-state index in [0.717, 1.165) is 24.0 Å². The second kappa shape index (κ2) is 2.48. The summed E-state index contributed by atoms with van der Waals surface area (Å²) in [5.74, 6) is 0.350. The maximum absolute atomic E-state index is 9.71. The lowest BCUT2D eigenvalue weighted by molar-refractivity contribution is 0.459. The van der Waals surface area contributed by atoms with Crippen LogP contribution in [0.3, 0.4) is 0 Å². The molecule has 3 N–H and O–H groups in total. The normalized spacial score (nSPS) is 18.7. The fourth-order valence-corrected chi connectivity index (χ4v) is 1.60. The summed E-state index contributed by atoms with van der Waals surface area (Å²) in [4.78, 5) is 0. The summed E-state index contributed by atoms with van der Waals surface area (Å²) in [5.41, 5.74) is 9.02. The third kappa shape index (κ3) is 1.31. The number of phenolic OH excluding ortho intramolecular Hbond substituents is 1. The quantitative estimate of drug-likeness (QED) is 0.688. The SMILES string of the molecule is Cc1cc(O)c(C2(N)CC2)cc1C. The van der Waals surface area contributed by atoms with Gasteiger partial charge in [0.05, 0.1) is 0 Å². The Morgan fingerprint density at radius 1 is 1.23 bits per heavy atom. The van der Waals surface area contributed by atoms with Crippen molar-refractivity contribution in [3.63, 3.8) is 0 Å². The summed E-state index contributed by atoms with van der Waals surface area (Å²) in [6.45, 7) is 4.04. The highest BCUT2D eigenvalue weighted by Gasteiger charge is 2.42. The van der Waals surface area contributed by atoms with Crippen molar-refractivity contribution in [3.05, 3.63) is 28.8 Å². The molecule has 2 nitrogen and oxygen atoms in total. The second-order valence-electron chi connectivity index (χ2n) is 4.11. The number of aromatic hydroxyl groups is 1. The number of hydrogen-bond acceptors (Lipinski definition) is 2. The summed E-state index contributed by atoms with van der Waals surface area (Å²) in [6, 6.07) is 3.81. The lowest BCUT2D eigenvalue weighted by atomic mass is 9.99. The molecule has 1 saturated carbocycles. The molecule has 0 aromatic heterocycles. The number of benzene rings is 1. The average molecular weight is 177 g/mol. The van der Waals surface area contributed by atoms with E-state index in [1.807, 2.05) is 19.9 Å². The molecule has 0 heterocycles. The minimum Gasteiger partial charge on any atom is -0.508 e. The zero-order chi connectivity index (χ0) is 9.64. The smallest absolute Gasteiger partial charge is 0.120 e. The molecule has 1 aliphatic carbocycles. The van der Waals surface area contributed by atoms with Gasteiger partial charge in [0.2, 0.25) is 0 Å². The summed E-state index contributed by atoms with van der Waals surface area (Å²) in [5, 5.41) is 9.71. The molecule has 1 fully saturated rings. The summed E-state index contributed by atoms with van der Waals surface area (Å²) in [7, 11) is 0. The van der Waals surface area contributed by atoms with Gasteiger partial charge in [-0.1, -0.05) is 6.07 Å². The maximum Gasteiger partial charge on any atom is 0.120 e. The van der Waals surface area contributed by atoms with E-state index in [-0.39, 0.29) is 5.54 Å². The predicted octanol–water partition coefficient (Wildman–Crippen LogP) is 1.96. The van der Waals surface area contributed by atoms with E-state index in [1.165, 1.54) is 5.56 Å². The van der Waals surface area contributed by atoms with Gasteiger partial charge >= 0.3 is 0 Å². The summed E-state index contributed by atoms with van der Waals surface area (Å²) >= 11 is 0. The molecule has 0 amide bonds. The van der Waals surface area contributed by atoms with Crippen LogP contribution in [0.4, 0.5) is 0 Å². The summed E-state index contributed by atoms with van der Waals surface area (Å²) < 4.78 is 0. The molecular formula is C11H15NO. The van der Waals surface area contributed by atoms with Crippen LogP contribution in [0.2, 0.25) is 0 Å². The van der Waals surface area contributed by atoms with Crippen LogP contribution >= 0.6 is 0 Å². The molecule has 2 heteroatoms. The number of hydrogen-bond donors (Lipinski definition) is 2. The first-order valence-corrected chi connectivity index (χ1v) is 4.62. The number of nitrogens with two attached hydrogens (primary N) is 1. The molecule has 0 radical (unpaired) electrons. The Balaban J connectivity index is 2.52. The second-order valence-corrected chi connectivity index (χ2v) is 4.11. The monoisotopic (exact) mass is 177 g/mol. The molecule has 2 rings (SSSR count). The Morgan fingerprint density at radius 2 is 1.77 bits per heavy atom. The molecule has 1 aromatic rings. The van der Waals surface area contributed by atoms with E-state index in [9.17, 15) is 5.11 Å². The molecule has 0 bridgehead atoms. The highest BCUT2D eigenvalue weighted by Crippen LogP contribution is 2.46. The number of rotatable bonds is 1. The van der Waals surface area contributed by atoms with Crippen molar-refractivity contribution in [1.29, 1.82) is 0 Å². The molecule has 13 heavy (non-hydrogen) atoms. The highest BCUT2D eigenvalue weighted by molar-refractivity contribution is 5.46. The molecular weight excluding hydrogens is 162 g/mol. The maximum atomic E-state index is 9.71. The van der Waals surface area contributed by atoms with E-state index >= 15 is 0 Å². The third-order valence-corrected chi connectivity index (χ3v) is 2.94. The van der Waals surface area contributed by atoms with Crippen LogP contribution in [0.25, 0.3) is 0 Å². The van der Waals surface area contributed by atoms with Crippen molar-refractivity contribution in [2.45, 2.75) is 32.2 Å². The first kappa shape index (κ1) is 8.57. The first-order chi connectivity index (χ1) is 6.03. The van der Waals surface area contributed by atoms with Gasteiger partial charge in [0, 0.05) is 11.1 Å². The van der Waals surface area contributed by atoms with Crippen LogP contribution in [0.15, 0.2) is 12.1 Å². The molecule has 0 saturated heterocycles. The standard InChI is InChI=1S/C11H15NO/c1-7-5-9(11(12)3-4-11)10(13)6-8(7)2/h5-6,13H,3-4,12H2,1-2H3. The van der Waals surface area contributed by atoms with Gasteiger partial charge in [0.15, 0.2) is 0 Å². The Morgan fingerprint density at radius 3 is 2.31 bits per heavy atom. The van der Waals surface area contributed by atoms with Crippen molar-refractivity contribution in [2.24, 2.45) is 5.73 Å². The van der Waals surface area contributed by atoms with E-state index in [1.54, 1.807) is 6.07 Å². The average Bonchev–Trinajstić information content (AvgIpc) is 2.77. The van der Waals surface area contributed by atoms with Crippen LogP contribution in [-0.2, 0) is 5.54 Å². The van der Waals surface area contributed by atoms with Crippen LogP contribution in [0.5, 0.6) is 5.75 Å². The minimum atomic E-state index is -0.234. The Hall–Kier alpha value is -1.02. The Labute approximate surface area is 78.4 Å². The molecule has 0 unspecified atom stereocenters. The first-order valence-electron chi connectivity index (χ1n) is 4.62. The van der Waals surface area contributed by atoms with Gasteiger partial charge in [-0.25, -0.2) is 0 Å². The number of aryl methyl sites for hydroxylation is 2. The Bertz CT molecular complexity index is 353. The van der Waals surface area contributed by atoms with E-state index in [4.69, 9.17) is 5.73 Å². The van der Waals surface area contributed by atoms with Gasteiger partial charge in [-0.3, -0.25) is 0 Å². The third-order valence-electron chi connectivity index (χ3n) is 2.94. The van der Waals surface area contributed by atoms with Crippen molar-refractivity contribution in [1.82, 2.24) is 0 Å². The predicted molar refractivity (Wildman–Crippen MR) is 52.7 cm³/mol. The molecule has 1 aliphatic rings. The zero-order valence-corrected chi connectivity index (χ0v) is 8.09. The van der Waals surface area contributed by atoms with Gasteiger partial charge in [0.1, 0.15) is 5.75 Å². The van der Waals surface area contributed by atoms with E-state index in [0.29, 0.717) is 5.75 Å². The van der Waals surface area contributed by atoms with Crippen LogP contribution in [0.1, 0.15) is 29.5 Å². The van der Waals surface area contributed by atoms with Crippen LogP contribution in [-0.4, -0.2) is 5.11 Å². The zero-order valence-electron chi connectivity index (χ0n) is 8.09. The van der Waals surface area contributed by atoms with Crippen molar-refractivity contribution < 1.29 is 5.11 Å². The minimum absolute atomic E-state index is 0.234. The van der Waals surface area contributed by atoms with Crippen molar-refractivity contribution in [2.75, 3.05) is 0 Å². The van der Waals surface area contributed by atoms with Gasteiger partial charge in [-0.05, 0) is 43.9 Å². The fourth-order valence-electron chi connectivity index (χ4n) is 1.60. The molecule has 1 aromatic carbocycles. The van der Waals surface area contributed by atoms with Gasteiger partial charge in [-0.2, -0.15) is 0 Å². The Kier molecular flexibility index (Phi) is 1.64. The topological polar surface area (TPSA) is 46.2 Å². The molecule has 70 valence electrons. The lowest BCUT2D eigenvalue weighted by Crippen LogP contribution is -2.19. The largest absolute Gasteiger partial charge is 0.508 e. The van der Waals surface area contributed by atoms with Gasteiger partial charge < -0.3 is 10.8 Å². The van der Waals surface area contributed by atoms with Gasteiger partial charge in [-0.15, -0.1) is 0 Å². The van der Waals surface area contributed by atoms with Crippen LogP contribution < -0.4 is 5.73 Å². The summed E-state index contributed by atoms with van der Waals surface area (Å²) in [6.07, 6.45) is 1.98.